The topological polar surface area (TPSA) is 91.8 Å². The predicted molar refractivity (Wildman–Crippen MR) is 151 cm³/mol. The second-order valence-electron chi connectivity index (χ2n) is 12.0. The highest BCUT2D eigenvalue weighted by Gasteiger charge is 2.60. The third kappa shape index (κ3) is 4.75. The fourth-order valence-corrected chi connectivity index (χ4v) is 8.12. The van der Waals surface area contributed by atoms with Crippen LogP contribution in [0.4, 0.5) is 11.5 Å². The fourth-order valence-electron chi connectivity index (χ4n) is 8.12. The normalized spacial score (nSPS) is 30.9. The molecular formula is C32H39N3O4. The van der Waals surface area contributed by atoms with Crippen molar-refractivity contribution in [3.8, 4) is 0 Å². The molecule has 1 saturated heterocycles. The van der Waals surface area contributed by atoms with Crippen LogP contribution in [-0.4, -0.2) is 48.1 Å². The van der Waals surface area contributed by atoms with Crippen LogP contribution < -0.4 is 10.2 Å². The third-order valence-corrected chi connectivity index (χ3v) is 9.95. The van der Waals surface area contributed by atoms with Crippen LogP contribution >= 0.6 is 0 Å². The first-order chi connectivity index (χ1) is 19.0. The molecule has 1 aromatic heterocycles. The monoisotopic (exact) mass is 529 g/mol. The first kappa shape index (κ1) is 26.1. The summed E-state index contributed by atoms with van der Waals surface area (Å²) in [6, 6.07) is 12.6. The van der Waals surface area contributed by atoms with E-state index in [2.05, 4.69) is 46.4 Å². The van der Waals surface area contributed by atoms with E-state index in [-0.39, 0.29) is 23.5 Å². The zero-order valence-corrected chi connectivity index (χ0v) is 22.8. The number of aryl methyl sites for hydroxylation is 1. The van der Waals surface area contributed by atoms with Gasteiger partial charge in [0, 0.05) is 30.5 Å². The van der Waals surface area contributed by atoms with Crippen molar-refractivity contribution in [1.82, 2.24) is 4.98 Å². The highest BCUT2D eigenvalue weighted by atomic mass is 16.5. The molecule has 1 aliphatic heterocycles. The molecule has 1 aromatic carbocycles. The van der Waals surface area contributed by atoms with Crippen molar-refractivity contribution in [3.05, 3.63) is 65.6 Å². The predicted octanol–water partition coefficient (Wildman–Crippen LogP) is 5.43. The summed E-state index contributed by atoms with van der Waals surface area (Å²) in [5.41, 5.74) is 4.08. The quantitative estimate of drug-likeness (QED) is 0.383. The number of carbonyl (C=O) groups is 2. The molecule has 0 radical (unpaired) electrons. The minimum absolute atomic E-state index is 0.00991. The number of aliphatic hydroxyl groups is 1. The average Bonchev–Trinajstić information content (AvgIpc) is 3.19. The summed E-state index contributed by atoms with van der Waals surface area (Å²) in [7, 11) is 0. The second kappa shape index (κ2) is 10.8. The van der Waals surface area contributed by atoms with Gasteiger partial charge in [0.1, 0.15) is 5.82 Å². The maximum absolute atomic E-state index is 13.6. The summed E-state index contributed by atoms with van der Waals surface area (Å²) in [4.78, 5) is 33.0. The number of nitrogens with one attached hydrogen (secondary N) is 1. The Balaban J connectivity index is 1.11. The number of ketones is 1. The number of carbonyl (C=O) groups excluding carboxylic acids is 2. The van der Waals surface area contributed by atoms with Gasteiger partial charge in [-0.2, -0.15) is 0 Å². The van der Waals surface area contributed by atoms with Crippen molar-refractivity contribution in [2.24, 2.45) is 23.2 Å². The molecule has 1 amide bonds. The van der Waals surface area contributed by atoms with Gasteiger partial charge in [0.2, 0.25) is 5.91 Å². The van der Waals surface area contributed by atoms with Crippen molar-refractivity contribution in [1.29, 1.82) is 0 Å². The van der Waals surface area contributed by atoms with Gasteiger partial charge in [-0.15, -0.1) is 0 Å². The molecule has 0 bridgehead atoms. The van der Waals surface area contributed by atoms with Crippen molar-refractivity contribution in [2.75, 3.05) is 36.5 Å². The number of Topliss-reactive ketones (excluding diaryl/α,β-unsaturated/α-hetero) is 1. The van der Waals surface area contributed by atoms with Crippen LogP contribution in [0.3, 0.4) is 0 Å². The first-order valence-electron chi connectivity index (χ1n) is 14.5. The van der Waals surface area contributed by atoms with E-state index >= 15 is 0 Å². The van der Waals surface area contributed by atoms with E-state index in [4.69, 9.17) is 4.74 Å². The van der Waals surface area contributed by atoms with Gasteiger partial charge >= 0.3 is 0 Å². The Kier molecular flexibility index (Phi) is 7.19. The molecular weight excluding hydrogens is 490 g/mol. The SMILES string of the molecule is C[C@]12CCC3c4ccccc4CCC3C1[C@H](CCCC(=O)Nc1ccc(N3CCOCC3)cn1)/C(=C/O)C2=O. The minimum atomic E-state index is -0.429. The Labute approximate surface area is 230 Å². The number of amides is 1. The minimum Gasteiger partial charge on any atom is -0.515 e. The van der Waals surface area contributed by atoms with Crippen LogP contribution in [0.5, 0.6) is 0 Å². The molecule has 5 atom stereocenters. The van der Waals surface area contributed by atoms with Crippen LogP contribution in [0.2, 0.25) is 0 Å². The van der Waals surface area contributed by atoms with Crippen LogP contribution in [0.15, 0.2) is 54.4 Å². The Morgan fingerprint density at radius 2 is 2.03 bits per heavy atom. The molecule has 39 heavy (non-hydrogen) atoms. The highest BCUT2D eigenvalue weighted by molar-refractivity contribution is 6.03. The molecule has 2 N–H and O–H groups in total. The number of ether oxygens (including phenoxy) is 1. The molecule has 7 nitrogen and oxygen atoms in total. The van der Waals surface area contributed by atoms with E-state index in [0.29, 0.717) is 49.3 Å². The van der Waals surface area contributed by atoms with Gasteiger partial charge in [-0.3, -0.25) is 9.59 Å². The standard InChI is InChI=1S/C32H39N3O4/c1-32-14-13-24-23-6-3-2-5-21(23)9-11-26(24)30(32)25(27(20-36)31(32)38)7-4-8-29(37)34-28-12-10-22(19-33-28)35-15-17-39-18-16-35/h2-3,5-6,10,12,19-20,24-26,30,36H,4,7-9,11,13-18H2,1H3,(H,33,34,37)/b27-20-/t24?,25-,26?,30?,32+/m1/s1. The van der Waals surface area contributed by atoms with E-state index in [9.17, 15) is 14.7 Å². The Hall–Kier alpha value is -3.19. The van der Waals surface area contributed by atoms with Crippen molar-refractivity contribution >= 4 is 23.2 Å². The number of aliphatic hydroxyl groups excluding tert-OH is 1. The molecule has 2 saturated carbocycles. The molecule has 3 unspecified atom stereocenters. The molecule has 3 fully saturated rings. The zero-order chi connectivity index (χ0) is 27.0. The lowest BCUT2D eigenvalue weighted by Crippen LogP contribution is -2.44. The van der Waals surface area contributed by atoms with Gasteiger partial charge in [-0.05, 0) is 85.5 Å². The van der Waals surface area contributed by atoms with E-state index in [1.807, 2.05) is 12.1 Å². The van der Waals surface area contributed by atoms with Crippen molar-refractivity contribution < 1.29 is 19.4 Å². The number of nitrogens with zero attached hydrogens (tertiary/aromatic N) is 2. The second-order valence-corrected chi connectivity index (χ2v) is 12.0. The van der Waals surface area contributed by atoms with Gasteiger partial charge in [0.25, 0.3) is 0 Å². The van der Waals surface area contributed by atoms with Gasteiger partial charge in [0.05, 0.1) is 31.4 Å². The summed E-state index contributed by atoms with van der Waals surface area (Å²) in [6.45, 7) is 5.24. The van der Waals surface area contributed by atoms with Crippen LogP contribution in [0, 0.1) is 23.2 Å². The number of fused-ring (bicyclic) bond motifs is 5. The number of hydrogen-bond acceptors (Lipinski definition) is 6. The highest BCUT2D eigenvalue weighted by Crippen LogP contribution is 2.63. The average molecular weight is 530 g/mol. The molecule has 4 aliphatic rings. The van der Waals surface area contributed by atoms with Gasteiger partial charge < -0.3 is 20.1 Å². The number of hydrogen-bond donors (Lipinski definition) is 2. The summed E-state index contributed by atoms with van der Waals surface area (Å²) < 4.78 is 5.41. The molecule has 6 rings (SSSR count). The molecule has 2 aromatic rings. The number of morpholine rings is 1. The van der Waals surface area contributed by atoms with E-state index in [0.717, 1.165) is 57.1 Å². The molecule has 3 aliphatic carbocycles. The van der Waals surface area contributed by atoms with E-state index in [1.54, 1.807) is 6.20 Å². The van der Waals surface area contributed by atoms with Gasteiger partial charge in [-0.1, -0.05) is 31.2 Å². The van der Waals surface area contributed by atoms with Crippen LogP contribution in [0.25, 0.3) is 0 Å². The van der Waals surface area contributed by atoms with Crippen LogP contribution in [-0.2, 0) is 20.7 Å². The number of rotatable bonds is 6. The Bertz CT molecular complexity index is 1250. The molecule has 7 heteroatoms. The van der Waals surface area contributed by atoms with Gasteiger partial charge in [0.15, 0.2) is 5.78 Å². The summed E-state index contributed by atoms with van der Waals surface area (Å²) in [6.07, 6.45) is 8.61. The Morgan fingerprint density at radius 3 is 2.79 bits per heavy atom. The summed E-state index contributed by atoms with van der Waals surface area (Å²) >= 11 is 0. The number of pyridine rings is 1. The number of benzene rings is 1. The smallest absolute Gasteiger partial charge is 0.225 e. The summed E-state index contributed by atoms with van der Waals surface area (Å²) in [5, 5.41) is 13.1. The molecule has 0 spiro atoms. The fraction of sp³-hybridized carbons (Fsp3) is 0.531. The lowest BCUT2D eigenvalue weighted by Gasteiger charge is -2.49. The third-order valence-electron chi connectivity index (χ3n) is 9.95. The maximum Gasteiger partial charge on any atom is 0.225 e. The largest absolute Gasteiger partial charge is 0.515 e. The van der Waals surface area contributed by atoms with Crippen molar-refractivity contribution in [3.63, 3.8) is 0 Å². The van der Waals surface area contributed by atoms with E-state index in [1.165, 1.54) is 11.1 Å². The van der Waals surface area contributed by atoms with E-state index < -0.39 is 5.41 Å². The molecule has 2 heterocycles. The zero-order valence-electron chi connectivity index (χ0n) is 22.8. The Morgan fingerprint density at radius 1 is 1.21 bits per heavy atom. The van der Waals surface area contributed by atoms with Gasteiger partial charge in [-0.25, -0.2) is 4.98 Å². The lowest BCUT2D eigenvalue weighted by molar-refractivity contribution is -0.127. The lowest BCUT2D eigenvalue weighted by atomic mass is 9.54. The number of allylic oxidation sites excluding steroid dienone is 1. The van der Waals surface area contributed by atoms with Crippen LogP contribution in [0.1, 0.15) is 62.5 Å². The number of anilines is 2. The molecule has 206 valence electrons. The summed E-state index contributed by atoms with van der Waals surface area (Å²) in [5.74, 6) is 1.68. The van der Waals surface area contributed by atoms with Crippen molar-refractivity contribution in [2.45, 2.75) is 57.8 Å². The number of aromatic nitrogens is 1. The first-order valence-corrected chi connectivity index (χ1v) is 14.5. The maximum atomic E-state index is 13.6.